The van der Waals surface area contributed by atoms with Crippen LogP contribution in [-0.4, -0.2) is 7.11 Å². The summed E-state index contributed by atoms with van der Waals surface area (Å²) >= 11 is 3.51. The Morgan fingerprint density at radius 1 is 0.952 bits per heavy atom. The number of ether oxygens (including phenoxy) is 2. The first-order valence-electron chi connectivity index (χ1n) is 6.71. The van der Waals surface area contributed by atoms with Crippen LogP contribution in [0.4, 0.5) is 0 Å². The molecule has 0 bridgehead atoms. The Bertz CT molecular complexity index is 754. The van der Waals surface area contributed by atoms with Gasteiger partial charge in [-0.05, 0) is 41.1 Å². The van der Waals surface area contributed by atoms with Crippen LogP contribution in [0.5, 0.6) is 11.5 Å². The number of hydrogen-bond donors (Lipinski definition) is 0. The molecule has 0 unspecified atom stereocenters. The lowest BCUT2D eigenvalue weighted by Gasteiger charge is -2.13. The minimum atomic E-state index is 0.478. The number of rotatable bonds is 4. The summed E-state index contributed by atoms with van der Waals surface area (Å²) in [4.78, 5) is 0. The molecule has 0 saturated heterocycles. The second kappa shape index (κ2) is 6.19. The van der Waals surface area contributed by atoms with Gasteiger partial charge in [-0.15, -0.1) is 0 Å². The highest BCUT2D eigenvalue weighted by Crippen LogP contribution is 2.30. The molecule has 0 N–H and O–H groups in total. The first-order chi connectivity index (χ1) is 10.3. The molecule has 3 aromatic rings. The standard InChI is InChI=1S/C18H15BrO2/c1-20-18-10-7-13-11-14(19)8-9-16(13)17(18)12-21-15-5-3-2-4-6-15/h2-11H,12H2,1H3. The average Bonchev–Trinajstić information content (AvgIpc) is 2.53. The molecule has 0 spiro atoms. The van der Waals surface area contributed by atoms with Crippen molar-refractivity contribution in [3.05, 3.63) is 70.7 Å². The summed E-state index contributed by atoms with van der Waals surface area (Å²) in [5, 5.41) is 2.31. The first kappa shape index (κ1) is 14.0. The Kier molecular flexibility index (Phi) is 4.11. The van der Waals surface area contributed by atoms with E-state index in [4.69, 9.17) is 9.47 Å². The summed E-state index contributed by atoms with van der Waals surface area (Å²) in [6.45, 7) is 0.478. The van der Waals surface area contributed by atoms with Crippen LogP contribution in [0.2, 0.25) is 0 Å². The molecule has 0 atom stereocenters. The van der Waals surface area contributed by atoms with Gasteiger partial charge in [-0.25, -0.2) is 0 Å². The molecular weight excluding hydrogens is 328 g/mol. The molecule has 0 saturated carbocycles. The van der Waals surface area contributed by atoms with E-state index in [9.17, 15) is 0 Å². The summed E-state index contributed by atoms with van der Waals surface area (Å²) in [6, 6.07) is 20.1. The number of hydrogen-bond acceptors (Lipinski definition) is 2. The van der Waals surface area contributed by atoms with Crippen LogP contribution in [0.15, 0.2) is 65.1 Å². The van der Waals surface area contributed by atoms with Crippen molar-refractivity contribution in [3.63, 3.8) is 0 Å². The maximum atomic E-state index is 5.88. The van der Waals surface area contributed by atoms with Gasteiger partial charge in [0.25, 0.3) is 0 Å². The van der Waals surface area contributed by atoms with Crippen molar-refractivity contribution in [2.75, 3.05) is 7.11 Å². The molecule has 0 aliphatic heterocycles. The zero-order chi connectivity index (χ0) is 14.7. The number of halogens is 1. The summed E-state index contributed by atoms with van der Waals surface area (Å²) < 4.78 is 12.4. The second-order valence-corrected chi connectivity index (χ2v) is 5.63. The van der Waals surface area contributed by atoms with E-state index in [1.807, 2.05) is 42.5 Å². The SMILES string of the molecule is COc1ccc2cc(Br)ccc2c1COc1ccccc1. The van der Waals surface area contributed by atoms with Gasteiger partial charge in [0.1, 0.15) is 18.1 Å². The molecule has 3 rings (SSSR count). The third kappa shape index (κ3) is 3.03. The zero-order valence-electron chi connectivity index (χ0n) is 11.7. The highest BCUT2D eigenvalue weighted by atomic mass is 79.9. The van der Waals surface area contributed by atoms with Gasteiger partial charge in [-0.1, -0.05) is 46.3 Å². The molecule has 106 valence electrons. The maximum absolute atomic E-state index is 5.88. The predicted molar refractivity (Wildman–Crippen MR) is 89.0 cm³/mol. The van der Waals surface area contributed by atoms with E-state index in [2.05, 4.69) is 34.1 Å². The van der Waals surface area contributed by atoms with Crippen LogP contribution in [0, 0.1) is 0 Å². The molecule has 21 heavy (non-hydrogen) atoms. The zero-order valence-corrected chi connectivity index (χ0v) is 13.3. The number of fused-ring (bicyclic) bond motifs is 1. The Morgan fingerprint density at radius 2 is 1.76 bits per heavy atom. The third-order valence-corrected chi connectivity index (χ3v) is 3.89. The lowest BCUT2D eigenvalue weighted by molar-refractivity contribution is 0.298. The fraction of sp³-hybridized carbons (Fsp3) is 0.111. The maximum Gasteiger partial charge on any atom is 0.126 e. The minimum Gasteiger partial charge on any atom is -0.496 e. The van der Waals surface area contributed by atoms with Gasteiger partial charge in [0.05, 0.1) is 7.11 Å². The van der Waals surface area contributed by atoms with Gasteiger partial charge >= 0.3 is 0 Å². The molecule has 0 heterocycles. The monoisotopic (exact) mass is 342 g/mol. The van der Waals surface area contributed by atoms with Crippen molar-refractivity contribution in [1.29, 1.82) is 0 Å². The van der Waals surface area contributed by atoms with E-state index >= 15 is 0 Å². The van der Waals surface area contributed by atoms with E-state index < -0.39 is 0 Å². The van der Waals surface area contributed by atoms with Gasteiger partial charge in [0, 0.05) is 10.0 Å². The van der Waals surface area contributed by atoms with Gasteiger partial charge in [-0.3, -0.25) is 0 Å². The van der Waals surface area contributed by atoms with Crippen molar-refractivity contribution in [1.82, 2.24) is 0 Å². The third-order valence-electron chi connectivity index (χ3n) is 3.40. The molecule has 3 heteroatoms. The van der Waals surface area contributed by atoms with Crippen molar-refractivity contribution in [2.24, 2.45) is 0 Å². The van der Waals surface area contributed by atoms with E-state index in [0.29, 0.717) is 6.61 Å². The summed E-state index contributed by atoms with van der Waals surface area (Å²) in [6.07, 6.45) is 0. The van der Waals surface area contributed by atoms with Crippen molar-refractivity contribution in [3.8, 4) is 11.5 Å². The van der Waals surface area contributed by atoms with Crippen LogP contribution >= 0.6 is 15.9 Å². The smallest absolute Gasteiger partial charge is 0.126 e. The van der Waals surface area contributed by atoms with E-state index in [1.165, 1.54) is 0 Å². The summed E-state index contributed by atoms with van der Waals surface area (Å²) in [5.41, 5.74) is 1.06. The van der Waals surface area contributed by atoms with Crippen LogP contribution in [0.25, 0.3) is 10.8 Å². The highest BCUT2D eigenvalue weighted by Gasteiger charge is 2.09. The van der Waals surface area contributed by atoms with Crippen molar-refractivity contribution in [2.45, 2.75) is 6.61 Å². The predicted octanol–water partition coefficient (Wildman–Crippen LogP) is 5.19. The minimum absolute atomic E-state index is 0.478. The van der Waals surface area contributed by atoms with Crippen molar-refractivity contribution < 1.29 is 9.47 Å². The normalized spacial score (nSPS) is 10.6. The number of methoxy groups -OCH3 is 1. The Morgan fingerprint density at radius 3 is 2.52 bits per heavy atom. The second-order valence-electron chi connectivity index (χ2n) is 4.71. The molecule has 2 nitrogen and oxygen atoms in total. The van der Waals surface area contributed by atoms with Crippen LogP contribution < -0.4 is 9.47 Å². The average molecular weight is 343 g/mol. The van der Waals surface area contributed by atoms with Gasteiger partial charge in [-0.2, -0.15) is 0 Å². The molecular formula is C18H15BrO2. The lowest BCUT2D eigenvalue weighted by Crippen LogP contribution is -2.00. The Balaban J connectivity index is 1.99. The summed E-state index contributed by atoms with van der Waals surface area (Å²) in [7, 11) is 1.69. The van der Waals surface area contributed by atoms with E-state index in [1.54, 1.807) is 7.11 Å². The van der Waals surface area contributed by atoms with Crippen LogP contribution in [0.3, 0.4) is 0 Å². The molecule has 0 aromatic heterocycles. The fourth-order valence-corrected chi connectivity index (χ4v) is 2.74. The summed E-state index contributed by atoms with van der Waals surface area (Å²) in [5.74, 6) is 1.70. The van der Waals surface area contributed by atoms with E-state index in [-0.39, 0.29) is 0 Å². The van der Waals surface area contributed by atoms with Crippen LogP contribution in [-0.2, 0) is 6.61 Å². The quantitative estimate of drug-likeness (QED) is 0.649. The van der Waals surface area contributed by atoms with E-state index in [0.717, 1.165) is 32.3 Å². The fourth-order valence-electron chi connectivity index (χ4n) is 2.36. The van der Waals surface area contributed by atoms with Gasteiger partial charge in [0.15, 0.2) is 0 Å². The molecule has 0 aliphatic rings. The molecule has 0 aliphatic carbocycles. The first-order valence-corrected chi connectivity index (χ1v) is 7.50. The largest absolute Gasteiger partial charge is 0.496 e. The Hall–Kier alpha value is -2.00. The molecule has 0 fully saturated rings. The van der Waals surface area contributed by atoms with Gasteiger partial charge < -0.3 is 9.47 Å². The number of para-hydroxylation sites is 1. The molecule has 3 aromatic carbocycles. The molecule has 0 radical (unpaired) electrons. The van der Waals surface area contributed by atoms with Crippen molar-refractivity contribution >= 4 is 26.7 Å². The number of benzene rings is 3. The molecule has 0 amide bonds. The van der Waals surface area contributed by atoms with Gasteiger partial charge in [0.2, 0.25) is 0 Å². The van der Waals surface area contributed by atoms with Crippen LogP contribution in [0.1, 0.15) is 5.56 Å². The highest BCUT2D eigenvalue weighted by molar-refractivity contribution is 9.10. The Labute approximate surface area is 132 Å². The lowest BCUT2D eigenvalue weighted by atomic mass is 10.0. The topological polar surface area (TPSA) is 18.5 Å².